The molecule has 6 nitrogen and oxygen atoms in total. The summed E-state index contributed by atoms with van der Waals surface area (Å²) < 4.78 is 41.5. The van der Waals surface area contributed by atoms with E-state index in [2.05, 4.69) is 0 Å². The van der Waals surface area contributed by atoms with Crippen LogP contribution >= 0.6 is 0 Å². The fourth-order valence-electron chi connectivity index (χ4n) is 2.43. The molecular formula is C17H21NO5S. The molecule has 24 heavy (non-hydrogen) atoms. The monoisotopic (exact) mass is 351 g/mol. The zero-order valence-electron chi connectivity index (χ0n) is 13.9. The van der Waals surface area contributed by atoms with Gasteiger partial charge in [0.25, 0.3) is 0 Å². The van der Waals surface area contributed by atoms with Gasteiger partial charge in [0.2, 0.25) is 0 Å². The maximum Gasteiger partial charge on any atom is 0.186 e. The summed E-state index contributed by atoms with van der Waals surface area (Å²) in [4.78, 5) is 0.177. The van der Waals surface area contributed by atoms with Crippen molar-refractivity contribution in [3.63, 3.8) is 0 Å². The zero-order chi connectivity index (χ0) is 17.7. The van der Waals surface area contributed by atoms with Crippen molar-refractivity contribution in [2.24, 2.45) is 5.73 Å². The molecule has 0 aliphatic rings. The summed E-state index contributed by atoms with van der Waals surface area (Å²) in [6.07, 6.45) is 0. The number of benzene rings is 2. The molecule has 0 aromatic heterocycles. The Morgan fingerprint density at radius 1 is 0.917 bits per heavy atom. The molecule has 2 aromatic rings. The molecule has 0 aliphatic carbocycles. The van der Waals surface area contributed by atoms with Crippen molar-refractivity contribution < 1.29 is 22.6 Å². The van der Waals surface area contributed by atoms with Crippen molar-refractivity contribution in [1.29, 1.82) is 0 Å². The largest absolute Gasteiger partial charge is 0.497 e. The van der Waals surface area contributed by atoms with Gasteiger partial charge in [-0.3, -0.25) is 0 Å². The van der Waals surface area contributed by atoms with E-state index in [1.165, 1.54) is 33.5 Å². The van der Waals surface area contributed by atoms with E-state index >= 15 is 0 Å². The molecule has 0 spiro atoms. The van der Waals surface area contributed by atoms with Gasteiger partial charge in [-0.25, -0.2) is 8.42 Å². The second-order valence-corrected chi connectivity index (χ2v) is 7.18. The quantitative estimate of drug-likeness (QED) is 0.823. The summed E-state index contributed by atoms with van der Waals surface area (Å²) in [6.45, 7) is -0.0724. The van der Waals surface area contributed by atoms with E-state index in [1.54, 1.807) is 30.3 Å². The SMILES string of the molecule is COc1ccc(S(=O)(=O)[C@@H](CN)c2ccc(OC)cc2OC)cc1. The van der Waals surface area contributed by atoms with Gasteiger partial charge in [-0.15, -0.1) is 0 Å². The van der Waals surface area contributed by atoms with Gasteiger partial charge < -0.3 is 19.9 Å². The van der Waals surface area contributed by atoms with Crippen LogP contribution in [0.25, 0.3) is 0 Å². The summed E-state index contributed by atoms with van der Waals surface area (Å²) in [6, 6.07) is 11.2. The molecule has 2 N–H and O–H groups in total. The van der Waals surface area contributed by atoms with Crippen LogP contribution in [-0.2, 0) is 9.84 Å². The van der Waals surface area contributed by atoms with E-state index in [-0.39, 0.29) is 11.4 Å². The van der Waals surface area contributed by atoms with Gasteiger partial charge in [0.05, 0.1) is 26.2 Å². The standard InChI is InChI=1S/C17H21NO5S/c1-21-12-4-7-14(8-5-12)24(19,20)17(11-18)15-9-6-13(22-2)10-16(15)23-3/h4-10,17H,11,18H2,1-3H3/t17-/m0/s1. The topological polar surface area (TPSA) is 87.9 Å². The number of hydrogen-bond acceptors (Lipinski definition) is 6. The molecule has 0 heterocycles. The highest BCUT2D eigenvalue weighted by Gasteiger charge is 2.30. The second kappa shape index (κ2) is 7.55. The minimum atomic E-state index is -3.68. The molecule has 2 aromatic carbocycles. The maximum atomic E-state index is 13.0. The van der Waals surface area contributed by atoms with E-state index < -0.39 is 15.1 Å². The average Bonchev–Trinajstić information content (AvgIpc) is 2.62. The van der Waals surface area contributed by atoms with Gasteiger partial charge in [0.15, 0.2) is 9.84 Å². The van der Waals surface area contributed by atoms with Gasteiger partial charge in [-0.1, -0.05) is 6.07 Å². The van der Waals surface area contributed by atoms with Crippen molar-refractivity contribution >= 4 is 9.84 Å². The van der Waals surface area contributed by atoms with Crippen molar-refractivity contribution in [1.82, 2.24) is 0 Å². The number of nitrogens with two attached hydrogens (primary N) is 1. The molecule has 0 unspecified atom stereocenters. The predicted octanol–water partition coefficient (Wildman–Crippen LogP) is 2.19. The normalized spacial score (nSPS) is 12.5. The zero-order valence-corrected chi connectivity index (χ0v) is 14.7. The summed E-state index contributed by atoms with van der Waals surface area (Å²) in [7, 11) is 0.848. The molecule has 1 atom stereocenters. The summed E-state index contributed by atoms with van der Waals surface area (Å²) in [5.74, 6) is 1.58. The van der Waals surface area contributed by atoms with Crippen LogP contribution < -0.4 is 19.9 Å². The smallest absolute Gasteiger partial charge is 0.186 e. The fourth-order valence-corrected chi connectivity index (χ4v) is 4.06. The highest BCUT2D eigenvalue weighted by atomic mass is 32.2. The third-order valence-electron chi connectivity index (χ3n) is 3.76. The first-order valence-corrected chi connectivity index (χ1v) is 8.82. The Hall–Kier alpha value is -2.25. The molecule has 0 amide bonds. The highest BCUT2D eigenvalue weighted by molar-refractivity contribution is 7.91. The third kappa shape index (κ3) is 3.47. The first-order valence-electron chi connectivity index (χ1n) is 7.27. The van der Waals surface area contributed by atoms with Crippen molar-refractivity contribution in [2.45, 2.75) is 10.1 Å². The third-order valence-corrected chi connectivity index (χ3v) is 5.89. The Balaban J connectivity index is 2.49. The predicted molar refractivity (Wildman–Crippen MR) is 91.5 cm³/mol. The Labute approximate surface area is 142 Å². The van der Waals surface area contributed by atoms with E-state index in [1.807, 2.05) is 0 Å². The molecule has 0 saturated carbocycles. The molecule has 0 radical (unpaired) electrons. The van der Waals surface area contributed by atoms with Crippen LogP contribution in [-0.4, -0.2) is 36.3 Å². The van der Waals surface area contributed by atoms with Crippen molar-refractivity contribution in [2.75, 3.05) is 27.9 Å². The summed E-state index contributed by atoms with van der Waals surface area (Å²) >= 11 is 0. The first kappa shape index (κ1) is 18.1. The van der Waals surface area contributed by atoms with E-state index in [4.69, 9.17) is 19.9 Å². The van der Waals surface area contributed by atoms with Crippen molar-refractivity contribution in [3.05, 3.63) is 48.0 Å². The van der Waals surface area contributed by atoms with Crippen molar-refractivity contribution in [3.8, 4) is 17.2 Å². The molecule has 0 saturated heterocycles. The van der Waals surface area contributed by atoms with Gasteiger partial charge in [-0.2, -0.15) is 0 Å². The average molecular weight is 351 g/mol. The number of methoxy groups -OCH3 is 3. The molecule has 7 heteroatoms. The van der Waals surface area contributed by atoms with Gasteiger partial charge in [0.1, 0.15) is 22.5 Å². The fraction of sp³-hybridized carbons (Fsp3) is 0.294. The lowest BCUT2D eigenvalue weighted by Crippen LogP contribution is -2.22. The molecule has 2 rings (SSSR count). The Morgan fingerprint density at radius 2 is 1.50 bits per heavy atom. The van der Waals surface area contributed by atoms with E-state index in [0.29, 0.717) is 22.8 Å². The minimum Gasteiger partial charge on any atom is -0.497 e. The summed E-state index contributed by atoms with van der Waals surface area (Å²) in [5, 5.41) is -0.924. The van der Waals surface area contributed by atoms with Crippen LogP contribution in [0.2, 0.25) is 0 Å². The van der Waals surface area contributed by atoms with Gasteiger partial charge in [0, 0.05) is 18.2 Å². The molecule has 130 valence electrons. The Morgan fingerprint density at radius 3 is 2.00 bits per heavy atom. The maximum absolute atomic E-state index is 13.0. The number of ether oxygens (including phenoxy) is 3. The molecular weight excluding hydrogens is 330 g/mol. The lowest BCUT2D eigenvalue weighted by Gasteiger charge is -2.19. The lowest BCUT2D eigenvalue weighted by atomic mass is 10.1. The lowest BCUT2D eigenvalue weighted by molar-refractivity contribution is 0.390. The van der Waals surface area contributed by atoms with E-state index in [0.717, 1.165) is 0 Å². The van der Waals surface area contributed by atoms with Crippen LogP contribution in [0.1, 0.15) is 10.8 Å². The number of hydrogen-bond donors (Lipinski definition) is 1. The van der Waals surface area contributed by atoms with Crippen LogP contribution in [0, 0.1) is 0 Å². The van der Waals surface area contributed by atoms with Gasteiger partial charge in [-0.05, 0) is 30.3 Å². The van der Waals surface area contributed by atoms with Crippen LogP contribution in [0.15, 0.2) is 47.4 Å². The molecule has 0 aliphatic heterocycles. The number of sulfone groups is 1. The van der Waals surface area contributed by atoms with Crippen LogP contribution in [0.3, 0.4) is 0 Å². The van der Waals surface area contributed by atoms with Crippen LogP contribution in [0.5, 0.6) is 17.2 Å². The summed E-state index contributed by atoms with van der Waals surface area (Å²) in [5.41, 5.74) is 6.28. The number of rotatable bonds is 7. The van der Waals surface area contributed by atoms with E-state index in [9.17, 15) is 8.42 Å². The Kier molecular flexibility index (Phi) is 5.69. The van der Waals surface area contributed by atoms with Gasteiger partial charge >= 0.3 is 0 Å². The Bertz CT molecular complexity index is 787. The minimum absolute atomic E-state index is 0.0724. The highest BCUT2D eigenvalue weighted by Crippen LogP contribution is 2.36. The molecule has 0 fully saturated rings. The first-order chi connectivity index (χ1) is 11.5. The molecule has 0 bridgehead atoms. The van der Waals surface area contributed by atoms with Crippen LogP contribution in [0.4, 0.5) is 0 Å². The second-order valence-electron chi connectivity index (χ2n) is 5.05.